The Kier molecular flexibility index (Phi) is 11.6. The summed E-state index contributed by atoms with van der Waals surface area (Å²) in [6, 6.07) is 9.56. The fourth-order valence-electron chi connectivity index (χ4n) is 5.65. The highest BCUT2D eigenvalue weighted by molar-refractivity contribution is 5.89. The van der Waals surface area contributed by atoms with Gasteiger partial charge in [0.05, 0.1) is 13.2 Å². The molecule has 3 N–H and O–H groups in total. The number of halogens is 5. The number of likely N-dealkylation sites (N-methyl/N-ethyl adjacent to an activating group) is 1. The van der Waals surface area contributed by atoms with Crippen molar-refractivity contribution in [2.45, 2.75) is 76.0 Å². The molecule has 3 atom stereocenters. The van der Waals surface area contributed by atoms with E-state index in [0.717, 1.165) is 68.7 Å². The van der Waals surface area contributed by atoms with Gasteiger partial charge in [0.2, 0.25) is 0 Å². The molecule has 2 aromatic rings. The number of amides is 2. The molecule has 0 bridgehead atoms. The van der Waals surface area contributed by atoms with Gasteiger partial charge >= 0.3 is 18.2 Å². The van der Waals surface area contributed by atoms with Crippen molar-refractivity contribution >= 4 is 17.7 Å². The third-order valence-corrected chi connectivity index (χ3v) is 7.72. The lowest BCUT2D eigenvalue weighted by molar-refractivity contribution is -0.192. The summed E-state index contributed by atoms with van der Waals surface area (Å²) >= 11 is 0. The minimum atomic E-state index is -5.08. The minimum Gasteiger partial charge on any atom is -0.490 e. The monoisotopic (exact) mass is 615 g/mol. The van der Waals surface area contributed by atoms with Crippen LogP contribution >= 0.6 is 0 Å². The van der Waals surface area contributed by atoms with Crippen molar-refractivity contribution in [3.8, 4) is 11.5 Å². The van der Waals surface area contributed by atoms with Crippen molar-refractivity contribution in [1.82, 2.24) is 10.2 Å². The molecule has 1 aliphatic carbocycles. The average molecular weight is 616 g/mol. The predicted molar refractivity (Wildman–Crippen MR) is 151 cm³/mol. The maximum atomic E-state index is 13.5. The molecule has 238 valence electrons. The van der Waals surface area contributed by atoms with E-state index in [4.69, 9.17) is 19.4 Å². The molecular weight excluding hydrogens is 577 g/mol. The summed E-state index contributed by atoms with van der Waals surface area (Å²) in [4.78, 5) is 23.9. The number of fused-ring (bicyclic) bond motifs is 1. The first-order valence-electron chi connectivity index (χ1n) is 14.2. The van der Waals surface area contributed by atoms with Crippen molar-refractivity contribution in [1.29, 1.82) is 0 Å². The van der Waals surface area contributed by atoms with Crippen LogP contribution in [0.4, 0.5) is 32.4 Å². The van der Waals surface area contributed by atoms with Crippen LogP contribution in [0, 0.1) is 11.6 Å². The standard InChI is InChI=1S/C28H37F2N3O3.C2HF3O2/c1-4-14-35-24-9-6-19(16-25(24)36-15-5-2)28-11-10-21(18-26(28)33(3)13-12-28)32-27(34)31-20-7-8-22(29)23(30)17-20;3-2(4,5)1(6)7/h6-9,16-17,21,26H,4-5,10-15,18H2,1-3H3,(H2,31,32,34);(H,6,7)/t21-,26+,28+;/m1./s1. The van der Waals surface area contributed by atoms with E-state index in [0.29, 0.717) is 13.2 Å². The van der Waals surface area contributed by atoms with Crippen LogP contribution < -0.4 is 20.1 Å². The Balaban J connectivity index is 0.000000646. The van der Waals surface area contributed by atoms with Gasteiger partial charge in [0.15, 0.2) is 23.1 Å². The van der Waals surface area contributed by atoms with Crippen molar-refractivity contribution in [3.63, 3.8) is 0 Å². The lowest BCUT2D eigenvalue weighted by Crippen LogP contribution is -2.52. The smallest absolute Gasteiger partial charge is 0.490 e. The van der Waals surface area contributed by atoms with E-state index in [1.165, 1.54) is 11.6 Å². The lowest BCUT2D eigenvalue weighted by atomic mass is 9.65. The highest BCUT2D eigenvalue weighted by Crippen LogP contribution is 2.50. The number of aliphatic carboxylic acids is 1. The summed E-state index contributed by atoms with van der Waals surface area (Å²) in [6.45, 7) is 6.45. The van der Waals surface area contributed by atoms with E-state index in [1.807, 2.05) is 6.07 Å². The van der Waals surface area contributed by atoms with E-state index in [-0.39, 0.29) is 23.2 Å². The van der Waals surface area contributed by atoms with Crippen LogP contribution in [0.1, 0.15) is 57.9 Å². The maximum absolute atomic E-state index is 13.5. The number of ether oxygens (including phenoxy) is 2. The van der Waals surface area contributed by atoms with Crippen LogP contribution in [0.25, 0.3) is 0 Å². The van der Waals surface area contributed by atoms with Gasteiger partial charge in [-0.05, 0) is 81.9 Å². The predicted octanol–water partition coefficient (Wildman–Crippen LogP) is 6.49. The Bertz CT molecular complexity index is 1260. The number of benzene rings is 2. The number of carbonyl (C=O) groups is 2. The summed E-state index contributed by atoms with van der Waals surface area (Å²) in [5, 5.41) is 12.8. The zero-order valence-corrected chi connectivity index (χ0v) is 24.4. The lowest BCUT2D eigenvalue weighted by Gasteiger charge is -2.45. The third-order valence-electron chi connectivity index (χ3n) is 7.72. The van der Waals surface area contributed by atoms with Crippen LogP contribution in [-0.2, 0) is 10.2 Å². The van der Waals surface area contributed by atoms with Gasteiger partial charge in [-0.25, -0.2) is 18.4 Å². The molecule has 0 radical (unpaired) electrons. The van der Waals surface area contributed by atoms with Crippen molar-refractivity contribution in [3.05, 3.63) is 53.6 Å². The zero-order valence-electron chi connectivity index (χ0n) is 24.4. The molecule has 43 heavy (non-hydrogen) atoms. The highest BCUT2D eigenvalue weighted by Gasteiger charge is 2.50. The van der Waals surface area contributed by atoms with E-state index in [9.17, 15) is 26.7 Å². The molecule has 0 aromatic heterocycles. The molecule has 0 spiro atoms. The van der Waals surface area contributed by atoms with Crippen molar-refractivity contribution in [2.75, 3.05) is 32.1 Å². The van der Waals surface area contributed by atoms with Gasteiger partial charge in [0, 0.05) is 29.3 Å². The topological polar surface area (TPSA) is 100 Å². The number of carbonyl (C=O) groups excluding carboxylic acids is 1. The Morgan fingerprint density at radius 2 is 1.65 bits per heavy atom. The SMILES string of the molecule is CCCOc1ccc([C@@]23CC[C@@H](NC(=O)Nc4ccc(F)c(F)c4)C[C@@H]2N(C)CC3)cc1OCCC.O=C(O)C(F)(F)F. The van der Waals surface area contributed by atoms with Crippen molar-refractivity contribution < 1.29 is 46.1 Å². The normalized spacial score (nSPS) is 21.7. The Hall–Kier alpha value is -3.61. The number of carboxylic acid groups (broad SMARTS) is 1. The number of hydrogen-bond acceptors (Lipinski definition) is 5. The van der Waals surface area contributed by atoms with Crippen LogP contribution in [0.3, 0.4) is 0 Å². The number of alkyl halides is 3. The summed E-state index contributed by atoms with van der Waals surface area (Å²) in [5.41, 5.74) is 1.47. The summed E-state index contributed by atoms with van der Waals surface area (Å²) in [5.74, 6) is -3.10. The molecule has 2 amide bonds. The zero-order chi connectivity index (χ0) is 31.8. The highest BCUT2D eigenvalue weighted by atomic mass is 19.4. The van der Waals surface area contributed by atoms with Crippen LogP contribution in [0.5, 0.6) is 11.5 Å². The Labute approximate surface area is 247 Å². The number of nitrogens with one attached hydrogen (secondary N) is 2. The van der Waals surface area contributed by atoms with Gasteiger partial charge in [-0.15, -0.1) is 0 Å². The molecule has 4 rings (SSSR count). The average Bonchev–Trinajstić information content (AvgIpc) is 3.29. The Morgan fingerprint density at radius 1 is 1.00 bits per heavy atom. The number of hydrogen-bond donors (Lipinski definition) is 3. The molecule has 1 saturated carbocycles. The molecular formula is C30H38F5N3O5. The van der Waals surface area contributed by atoms with Crippen LogP contribution in [0.2, 0.25) is 0 Å². The van der Waals surface area contributed by atoms with Crippen LogP contribution in [0.15, 0.2) is 36.4 Å². The molecule has 1 heterocycles. The quantitative estimate of drug-likeness (QED) is 0.279. The second-order valence-electron chi connectivity index (χ2n) is 10.8. The molecule has 1 saturated heterocycles. The minimum absolute atomic E-state index is 0.0167. The van der Waals surface area contributed by atoms with Crippen LogP contribution in [-0.4, -0.2) is 67.1 Å². The number of urea groups is 1. The molecule has 0 unspecified atom stereocenters. The van der Waals surface area contributed by atoms with Gasteiger partial charge in [-0.2, -0.15) is 13.2 Å². The first-order valence-corrected chi connectivity index (χ1v) is 14.2. The number of nitrogens with zero attached hydrogens (tertiary/aromatic N) is 1. The van der Waals surface area contributed by atoms with Crippen molar-refractivity contribution in [2.24, 2.45) is 0 Å². The summed E-state index contributed by atoms with van der Waals surface area (Å²) in [7, 11) is 2.14. The van der Waals surface area contributed by atoms with E-state index in [2.05, 4.69) is 48.6 Å². The fraction of sp³-hybridized carbons (Fsp3) is 0.533. The Morgan fingerprint density at radius 3 is 2.26 bits per heavy atom. The third kappa shape index (κ3) is 8.71. The van der Waals surface area contributed by atoms with Gasteiger partial charge in [0.1, 0.15) is 0 Å². The first kappa shape index (κ1) is 33.9. The van der Waals surface area contributed by atoms with E-state index >= 15 is 0 Å². The van der Waals surface area contributed by atoms with E-state index in [1.54, 1.807) is 0 Å². The molecule has 1 aliphatic heterocycles. The molecule has 2 aromatic carbocycles. The maximum Gasteiger partial charge on any atom is 0.490 e. The first-order chi connectivity index (χ1) is 20.3. The molecule has 13 heteroatoms. The molecule has 2 aliphatic rings. The number of likely N-dealkylation sites (tertiary alicyclic amines) is 1. The van der Waals surface area contributed by atoms with E-state index < -0.39 is 29.8 Å². The van der Waals surface area contributed by atoms with Gasteiger partial charge < -0.3 is 30.1 Å². The summed E-state index contributed by atoms with van der Waals surface area (Å²) < 4.78 is 70.4. The van der Waals surface area contributed by atoms with Gasteiger partial charge in [-0.3, -0.25) is 0 Å². The fourth-order valence-corrected chi connectivity index (χ4v) is 5.65. The van der Waals surface area contributed by atoms with Gasteiger partial charge in [0.25, 0.3) is 0 Å². The summed E-state index contributed by atoms with van der Waals surface area (Å²) in [6.07, 6.45) is 0.387. The second-order valence-corrected chi connectivity index (χ2v) is 10.8. The molecule has 2 fully saturated rings. The molecule has 8 nitrogen and oxygen atoms in total. The number of carboxylic acids is 1. The van der Waals surface area contributed by atoms with Gasteiger partial charge in [-0.1, -0.05) is 19.9 Å². The largest absolute Gasteiger partial charge is 0.490 e. The second kappa shape index (κ2) is 14.7. The number of anilines is 1. The number of rotatable bonds is 9.